The molecule has 17 heavy (non-hydrogen) atoms. The molecule has 0 heterocycles. The van der Waals surface area contributed by atoms with Gasteiger partial charge in [-0.2, -0.15) is 0 Å². The Morgan fingerprint density at radius 3 is 2.41 bits per heavy atom. The lowest BCUT2D eigenvalue weighted by Gasteiger charge is -2.47. The first kappa shape index (κ1) is 12.9. The number of aliphatic hydroxyl groups is 1. The SMILES string of the molecule is C=CC[C@@H]1[C@H]2CC[C@](C)(C2(C)C)[C@@]1(O)CC=C. The second kappa shape index (κ2) is 3.71. The van der Waals surface area contributed by atoms with Gasteiger partial charge in [0.25, 0.3) is 0 Å². The van der Waals surface area contributed by atoms with Gasteiger partial charge in [-0.25, -0.2) is 0 Å². The van der Waals surface area contributed by atoms with Crippen LogP contribution in [0.5, 0.6) is 0 Å². The Balaban J connectivity index is 2.48. The van der Waals surface area contributed by atoms with Crippen LogP contribution in [0.2, 0.25) is 0 Å². The molecule has 0 amide bonds. The van der Waals surface area contributed by atoms with Gasteiger partial charge in [0.15, 0.2) is 0 Å². The summed E-state index contributed by atoms with van der Waals surface area (Å²) in [6, 6.07) is 0. The number of hydrogen-bond acceptors (Lipinski definition) is 1. The predicted octanol–water partition coefficient (Wildman–Crippen LogP) is 3.94. The van der Waals surface area contributed by atoms with Crippen molar-refractivity contribution >= 4 is 0 Å². The van der Waals surface area contributed by atoms with Crippen LogP contribution in [0.1, 0.15) is 46.5 Å². The summed E-state index contributed by atoms with van der Waals surface area (Å²) >= 11 is 0. The summed E-state index contributed by atoms with van der Waals surface area (Å²) in [5.74, 6) is 0.974. The molecule has 2 aliphatic rings. The highest BCUT2D eigenvalue weighted by Crippen LogP contribution is 2.73. The van der Waals surface area contributed by atoms with Crippen molar-refractivity contribution in [1.82, 2.24) is 0 Å². The van der Waals surface area contributed by atoms with Gasteiger partial charge in [0.2, 0.25) is 0 Å². The van der Waals surface area contributed by atoms with Gasteiger partial charge in [0.1, 0.15) is 0 Å². The Hall–Kier alpha value is -0.560. The Morgan fingerprint density at radius 2 is 1.88 bits per heavy atom. The van der Waals surface area contributed by atoms with Crippen molar-refractivity contribution < 1.29 is 5.11 Å². The Bertz CT molecular complexity index is 343. The zero-order valence-electron chi connectivity index (χ0n) is 11.5. The van der Waals surface area contributed by atoms with Crippen LogP contribution in [-0.2, 0) is 0 Å². The third kappa shape index (κ3) is 1.29. The van der Waals surface area contributed by atoms with Crippen molar-refractivity contribution in [3.05, 3.63) is 25.3 Å². The number of fused-ring (bicyclic) bond motifs is 2. The molecule has 0 spiro atoms. The molecular formula is C16H26O. The summed E-state index contributed by atoms with van der Waals surface area (Å²) in [6.07, 6.45) is 7.89. The normalized spacial score (nSPS) is 47.1. The molecule has 96 valence electrons. The average Bonchev–Trinajstić information content (AvgIpc) is 2.53. The van der Waals surface area contributed by atoms with E-state index in [4.69, 9.17) is 0 Å². The number of allylic oxidation sites excluding steroid dienone is 1. The standard InChI is InChI=1S/C16H26O/c1-6-8-13-12-9-11-15(5,14(12,3)4)16(13,17)10-7-2/h6-7,12-13,17H,1-2,8-11H2,3-5H3/t12-,13-,15-,16-/m1/s1. The molecule has 0 aliphatic heterocycles. The van der Waals surface area contributed by atoms with E-state index in [0.717, 1.165) is 12.8 Å². The molecule has 1 N–H and O–H groups in total. The van der Waals surface area contributed by atoms with E-state index in [-0.39, 0.29) is 10.8 Å². The molecule has 0 aromatic carbocycles. The van der Waals surface area contributed by atoms with Crippen LogP contribution < -0.4 is 0 Å². The monoisotopic (exact) mass is 234 g/mol. The zero-order chi connectivity index (χ0) is 12.9. The Morgan fingerprint density at radius 1 is 1.24 bits per heavy atom. The van der Waals surface area contributed by atoms with Gasteiger partial charge >= 0.3 is 0 Å². The summed E-state index contributed by atoms with van der Waals surface area (Å²) < 4.78 is 0. The van der Waals surface area contributed by atoms with E-state index in [2.05, 4.69) is 33.9 Å². The molecule has 2 aliphatic carbocycles. The van der Waals surface area contributed by atoms with Gasteiger partial charge < -0.3 is 5.11 Å². The summed E-state index contributed by atoms with van der Waals surface area (Å²) in [6.45, 7) is 14.7. The lowest BCUT2D eigenvalue weighted by molar-refractivity contribution is -0.114. The van der Waals surface area contributed by atoms with E-state index in [1.165, 1.54) is 6.42 Å². The molecule has 1 heteroatoms. The maximum absolute atomic E-state index is 11.2. The lowest BCUT2D eigenvalue weighted by Crippen LogP contribution is -2.50. The van der Waals surface area contributed by atoms with E-state index in [1.54, 1.807) is 0 Å². The molecule has 1 nitrogen and oxygen atoms in total. The van der Waals surface area contributed by atoms with Gasteiger partial charge in [0.05, 0.1) is 5.60 Å². The van der Waals surface area contributed by atoms with Crippen LogP contribution >= 0.6 is 0 Å². The predicted molar refractivity (Wildman–Crippen MR) is 72.7 cm³/mol. The van der Waals surface area contributed by atoms with Crippen molar-refractivity contribution in [2.45, 2.75) is 52.1 Å². The minimum atomic E-state index is -0.588. The van der Waals surface area contributed by atoms with Crippen LogP contribution in [-0.4, -0.2) is 10.7 Å². The van der Waals surface area contributed by atoms with E-state index in [0.29, 0.717) is 18.3 Å². The molecule has 2 rings (SSSR count). The van der Waals surface area contributed by atoms with Crippen molar-refractivity contribution in [3.63, 3.8) is 0 Å². The van der Waals surface area contributed by atoms with Crippen molar-refractivity contribution in [2.24, 2.45) is 22.7 Å². The number of hydrogen-bond donors (Lipinski definition) is 1. The van der Waals surface area contributed by atoms with Crippen molar-refractivity contribution in [1.29, 1.82) is 0 Å². The van der Waals surface area contributed by atoms with E-state index < -0.39 is 5.60 Å². The minimum absolute atomic E-state index is 0.0204. The van der Waals surface area contributed by atoms with Gasteiger partial charge in [-0.15, -0.1) is 13.2 Å². The fraction of sp³-hybridized carbons (Fsp3) is 0.750. The number of rotatable bonds is 4. The van der Waals surface area contributed by atoms with Gasteiger partial charge in [0, 0.05) is 5.41 Å². The largest absolute Gasteiger partial charge is 0.389 e. The molecule has 2 bridgehead atoms. The second-order valence-electron chi connectivity index (χ2n) is 6.75. The van der Waals surface area contributed by atoms with Gasteiger partial charge in [-0.3, -0.25) is 0 Å². The van der Waals surface area contributed by atoms with Crippen molar-refractivity contribution in [2.75, 3.05) is 0 Å². The highest BCUT2D eigenvalue weighted by molar-refractivity contribution is 5.23. The molecule has 2 saturated carbocycles. The van der Waals surface area contributed by atoms with Crippen LogP contribution in [0, 0.1) is 22.7 Å². The first-order valence-corrected chi connectivity index (χ1v) is 6.79. The highest BCUT2D eigenvalue weighted by atomic mass is 16.3. The van der Waals surface area contributed by atoms with E-state index in [9.17, 15) is 5.11 Å². The molecule has 4 atom stereocenters. The third-order valence-electron chi connectivity index (χ3n) is 6.24. The molecule has 0 saturated heterocycles. The van der Waals surface area contributed by atoms with Crippen molar-refractivity contribution in [3.8, 4) is 0 Å². The summed E-state index contributed by atoms with van der Waals surface area (Å²) in [5.41, 5.74) is -0.347. The van der Waals surface area contributed by atoms with E-state index >= 15 is 0 Å². The minimum Gasteiger partial charge on any atom is -0.389 e. The topological polar surface area (TPSA) is 20.2 Å². The van der Waals surface area contributed by atoms with Crippen LogP contribution in [0.3, 0.4) is 0 Å². The zero-order valence-corrected chi connectivity index (χ0v) is 11.5. The Labute approximate surface area is 106 Å². The molecular weight excluding hydrogens is 208 g/mol. The van der Waals surface area contributed by atoms with Crippen LogP contribution in [0.15, 0.2) is 25.3 Å². The maximum Gasteiger partial charge on any atom is 0.0774 e. The fourth-order valence-corrected chi connectivity index (χ4v) is 4.89. The van der Waals surface area contributed by atoms with Gasteiger partial charge in [-0.05, 0) is 42.9 Å². The summed E-state index contributed by atoms with van der Waals surface area (Å²) in [4.78, 5) is 0. The smallest absolute Gasteiger partial charge is 0.0774 e. The van der Waals surface area contributed by atoms with E-state index in [1.807, 2.05) is 12.2 Å². The fourth-order valence-electron chi connectivity index (χ4n) is 4.89. The molecule has 0 aromatic rings. The molecule has 0 aromatic heterocycles. The molecule has 2 fully saturated rings. The lowest BCUT2D eigenvalue weighted by atomic mass is 9.61. The first-order chi connectivity index (χ1) is 7.85. The summed E-state index contributed by atoms with van der Waals surface area (Å²) in [7, 11) is 0. The first-order valence-electron chi connectivity index (χ1n) is 6.79. The summed E-state index contributed by atoms with van der Waals surface area (Å²) in [5, 5.41) is 11.2. The molecule has 0 unspecified atom stereocenters. The van der Waals surface area contributed by atoms with Crippen LogP contribution in [0.4, 0.5) is 0 Å². The molecule has 0 radical (unpaired) electrons. The van der Waals surface area contributed by atoms with Gasteiger partial charge in [-0.1, -0.05) is 32.9 Å². The maximum atomic E-state index is 11.2. The van der Waals surface area contributed by atoms with Crippen LogP contribution in [0.25, 0.3) is 0 Å². The average molecular weight is 234 g/mol. The quantitative estimate of drug-likeness (QED) is 0.730. The second-order valence-corrected chi connectivity index (χ2v) is 6.75. The third-order valence-corrected chi connectivity index (χ3v) is 6.24. The Kier molecular flexibility index (Phi) is 2.82. The highest BCUT2D eigenvalue weighted by Gasteiger charge is 2.71.